The molecule has 0 unspecified atom stereocenters. The lowest BCUT2D eigenvalue weighted by molar-refractivity contribution is -0.137. The van der Waals surface area contributed by atoms with Gasteiger partial charge in [-0.2, -0.15) is 0 Å². The number of nitrogens with zero attached hydrogens (tertiary/aromatic N) is 1. The summed E-state index contributed by atoms with van der Waals surface area (Å²) in [6.07, 6.45) is -0.802. The fraction of sp³-hybridized carbons (Fsp3) is 0.429. The van der Waals surface area contributed by atoms with E-state index in [2.05, 4.69) is 10.1 Å². The van der Waals surface area contributed by atoms with Gasteiger partial charge in [-0.05, 0) is 17.7 Å². The summed E-state index contributed by atoms with van der Waals surface area (Å²) in [7, 11) is 1.26. The van der Waals surface area contributed by atoms with Crippen molar-refractivity contribution in [3.8, 4) is 0 Å². The zero-order valence-corrected chi connectivity index (χ0v) is 12.4. The van der Waals surface area contributed by atoms with Gasteiger partial charge in [0.2, 0.25) is 5.91 Å². The Bertz CT molecular complexity index is 506. The van der Waals surface area contributed by atoms with Crippen molar-refractivity contribution < 1.29 is 19.1 Å². The molecule has 1 aromatic rings. The van der Waals surface area contributed by atoms with Crippen molar-refractivity contribution in [1.29, 1.82) is 0 Å². The van der Waals surface area contributed by atoms with E-state index in [1.165, 1.54) is 7.11 Å². The summed E-state index contributed by atoms with van der Waals surface area (Å²) in [4.78, 5) is 24.7. The Kier molecular flexibility index (Phi) is 5.41. The molecular weight excluding hydrogens is 296 g/mol. The average molecular weight is 313 g/mol. The van der Waals surface area contributed by atoms with E-state index in [1.54, 1.807) is 17.0 Å². The molecule has 21 heavy (non-hydrogen) atoms. The summed E-state index contributed by atoms with van der Waals surface area (Å²) in [5, 5.41) is 3.04. The maximum atomic E-state index is 12.0. The zero-order valence-electron chi connectivity index (χ0n) is 11.7. The van der Waals surface area contributed by atoms with Crippen molar-refractivity contribution in [2.75, 3.05) is 33.4 Å². The molecule has 1 aromatic carbocycles. The molecule has 0 saturated carbocycles. The highest BCUT2D eigenvalue weighted by Gasteiger charge is 2.25. The highest BCUT2D eigenvalue weighted by molar-refractivity contribution is 6.30. The predicted octanol–water partition coefficient (Wildman–Crippen LogP) is 1.60. The Hall–Kier alpha value is -1.79. The first-order chi connectivity index (χ1) is 10.1. The number of hydrogen-bond donors (Lipinski definition) is 1. The van der Waals surface area contributed by atoms with Crippen LogP contribution in [0, 0.1) is 0 Å². The van der Waals surface area contributed by atoms with Gasteiger partial charge in [-0.1, -0.05) is 23.7 Å². The number of rotatable bonds is 3. The highest BCUT2D eigenvalue weighted by atomic mass is 35.5. The number of methoxy groups -OCH3 is 1. The number of morpholine rings is 1. The van der Waals surface area contributed by atoms with Gasteiger partial charge in [0.1, 0.15) is 12.6 Å². The summed E-state index contributed by atoms with van der Waals surface area (Å²) in [6, 6.07) is 7.35. The lowest BCUT2D eigenvalue weighted by Gasteiger charge is -2.33. The van der Waals surface area contributed by atoms with Gasteiger partial charge in [-0.15, -0.1) is 0 Å². The van der Waals surface area contributed by atoms with Crippen LogP contribution in [0.2, 0.25) is 5.02 Å². The van der Waals surface area contributed by atoms with Crippen LogP contribution < -0.4 is 5.32 Å². The van der Waals surface area contributed by atoms with Gasteiger partial charge in [-0.3, -0.25) is 4.79 Å². The molecule has 0 aliphatic carbocycles. The van der Waals surface area contributed by atoms with Crippen LogP contribution in [-0.4, -0.2) is 50.3 Å². The normalized spacial score (nSPS) is 18.2. The second kappa shape index (κ2) is 7.28. The van der Waals surface area contributed by atoms with Crippen LogP contribution in [0.4, 0.5) is 4.79 Å². The second-order valence-corrected chi connectivity index (χ2v) is 5.03. The molecule has 6 nitrogen and oxygen atoms in total. The number of hydrogen-bond acceptors (Lipinski definition) is 4. The Morgan fingerprint density at radius 2 is 2.14 bits per heavy atom. The van der Waals surface area contributed by atoms with E-state index < -0.39 is 6.09 Å². The molecule has 0 aromatic heterocycles. The summed E-state index contributed by atoms with van der Waals surface area (Å²) in [5.41, 5.74) is 0.970. The minimum atomic E-state index is -0.620. The summed E-state index contributed by atoms with van der Waals surface area (Å²) in [6.45, 7) is 1.33. The van der Waals surface area contributed by atoms with Crippen LogP contribution in [0.25, 0.3) is 0 Å². The smallest absolute Gasteiger partial charge is 0.407 e. The average Bonchev–Trinajstić information content (AvgIpc) is 2.53. The summed E-state index contributed by atoms with van der Waals surface area (Å²) >= 11 is 5.86. The lowest BCUT2D eigenvalue weighted by atomic mass is 10.1. The number of alkyl carbamates (subject to hydrolysis) is 1. The Balaban J connectivity index is 1.92. The van der Waals surface area contributed by atoms with Crippen LogP contribution in [-0.2, 0) is 14.3 Å². The van der Waals surface area contributed by atoms with Crippen molar-refractivity contribution in [3.63, 3.8) is 0 Å². The van der Waals surface area contributed by atoms with Crippen molar-refractivity contribution in [2.45, 2.75) is 6.10 Å². The Morgan fingerprint density at radius 3 is 2.81 bits per heavy atom. The number of ether oxygens (including phenoxy) is 2. The summed E-state index contributed by atoms with van der Waals surface area (Å²) < 4.78 is 10.1. The number of carbonyl (C=O) groups excluding carboxylic acids is 2. The molecule has 1 saturated heterocycles. The maximum Gasteiger partial charge on any atom is 0.407 e. The minimum absolute atomic E-state index is 0.0833. The van der Waals surface area contributed by atoms with E-state index in [0.717, 1.165) is 5.56 Å². The standard InChI is InChI=1S/C14H17ClN2O4/c1-20-14(19)16-8-13(18)17-6-7-21-12(9-17)10-2-4-11(15)5-3-10/h2-5,12H,6-9H2,1H3,(H,16,19)/t12-/m0/s1. The van der Waals surface area contributed by atoms with Crippen molar-refractivity contribution in [2.24, 2.45) is 0 Å². The number of amides is 2. The molecule has 114 valence electrons. The molecule has 7 heteroatoms. The van der Waals surface area contributed by atoms with E-state index in [4.69, 9.17) is 16.3 Å². The van der Waals surface area contributed by atoms with E-state index in [-0.39, 0.29) is 18.6 Å². The van der Waals surface area contributed by atoms with Gasteiger partial charge in [0.05, 0.1) is 20.3 Å². The van der Waals surface area contributed by atoms with Gasteiger partial charge in [0.25, 0.3) is 0 Å². The third-order valence-corrected chi connectivity index (χ3v) is 3.48. The molecule has 0 spiro atoms. The fourth-order valence-corrected chi connectivity index (χ4v) is 2.21. The molecule has 1 heterocycles. The molecule has 1 aliphatic heterocycles. The molecule has 0 bridgehead atoms. The molecule has 1 fully saturated rings. The van der Waals surface area contributed by atoms with Crippen molar-refractivity contribution in [3.05, 3.63) is 34.9 Å². The molecule has 2 amide bonds. The van der Waals surface area contributed by atoms with Gasteiger partial charge in [-0.25, -0.2) is 4.79 Å². The van der Waals surface area contributed by atoms with Crippen molar-refractivity contribution >= 4 is 23.6 Å². The SMILES string of the molecule is COC(=O)NCC(=O)N1CCO[C@H](c2ccc(Cl)cc2)C1. The zero-order chi connectivity index (χ0) is 15.2. The first-order valence-corrected chi connectivity index (χ1v) is 6.94. The molecule has 0 radical (unpaired) electrons. The number of carbonyl (C=O) groups is 2. The molecule has 1 aliphatic rings. The second-order valence-electron chi connectivity index (χ2n) is 4.60. The van der Waals surface area contributed by atoms with E-state index in [1.807, 2.05) is 12.1 Å². The fourth-order valence-electron chi connectivity index (χ4n) is 2.09. The number of nitrogens with one attached hydrogen (secondary N) is 1. The number of halogens is 1. The quantitative estimate of drug-likeness (QED) is 0.920. The van der Waals surface area contributed by atoms with Gasteiger partial charge >= 0.3 is 6.09 Å². The topological polar surface area (TPSA) is 67.9 Å². The molecule has 2 rings (SSSR count). The highest BCUT2D eigenvalue weighted by Crippen LogP contribution is 2.23. The molecular formula is C14H17ClN2O4. The predicted molar refractivity (Wildman–Crippen MR) is 77.1 cm³/mol. The first-order valence-electron chi connectivity index (χ1n) is 6.57. The minimum Gasteiger partial charge on any atom is -0.453 e. The van der Waals surface area contributed by atoms with E-state index >= 15 is 0 Å². The van der Waals surface area contributed by atoms with E-state index in [9.17, 15) is 9.59 Å². The summed E-state index contributed by atoms with van der Waals surface area (Å²) in [5.74, 6) is -0.164. The molecule has 1 N–H and O–H groups in total. The largest absolute Gasteiger partial charge is 0.453 e. The van der Waals surface area contributed by atoms with Gasteiger partial charge in [0.15, 0.2) is 0 Å². The number of benzene rings is 1. The van der Waals surface area contributed by atoms with Crippen LogP contribution >= 0.6 is 11.6 Å². The van der Waals surface area contributed by atoms with Gasteiger partial charge in [0, 0.05) is 11.6 Å². The van der Waals surface area contributed by atoms with Crippen LogP contribution in [0.5, 0.6) is 0 Å². The van der Waals surface area contributed by atoms with Gasteiger partial charge < -0.3 is 19.7 Å². The lowest BCUT2D eigenvalue weighted by Crippen LogP contribution is -2.46. The van der Waals surface area contributed by atoms with Crippen LogP contribution in [0.3, 0.4) is 0 Å². The molecule has 1 atom stereocenters. The van der Waals surface area contributed by atoms with Crippen LogP contribution in [0.15, 0.2) is 24.3 Å². The van der Waals surface area contributed by atoms with E-state index in [0.29, 0.717) is 24.7 Å². The Morgan fingerprint density at radius 1 is 1.43 bits per heavy atom. The first kappa shape index (κ1) is 15.6. The maximum absolute atomic E-state index is 12.0. The third kappa shape index (κ3) is 4.34. The Labute approximate surface area is 128 Å². The monoisotopic (exact) mass is 312 g/mol. The van der Waals surface area contributed by atoms with Crippen LogP contribution in [0.1, 0.15) is 11.7 Å². The van der Waals surface area contributed by atoms with Crippen molar-refractivity contribution in [1.82, 2.24) is 10.2 Å². The third-order valence-electron chi connectivity index (χ3n) is 3.23.